The monoisotopic (exact) mass is 271 g/mol. The lowest BCUT2D eigenvalue weighted by Gasteiger charge is -2.02. The number of hydrogen-bond donors (Lipinski definition) is 0. The van der Waals surface area contributed by atoms with Gasteiger partial charge >= 0.3 is 0 Å². The van der Waals surface area contributed by atoms with Crippen molar-refractivity contribution in [1.82, 2.24) is 15.0 Å². The van der Waals surface area contributed by atoms with Crippen molar-refractivity contribution in [2.75, 3.05) is 0 Å². The van der Waals surface area contributed by atoms with E-state index in [1.165, 1.54) is 0 Å². The third-order valence-electron chi connectivity index (χ3n) is 2.87. The maximum atomic E-state index is 12.1. The van der Waals surface area contributed by atoms with Crippen LogP contribution in [0.25, 0.3) is 11.0 Å². The van der Waals surface area contributed by atoms with Crippen LogP contribution in [0.3, 0.4) is 0 Å². The van der Waals surface area contributed by atoms with Crippen LogP contribution in [0, 0.1) is 0 Å². The van der Waals surface area contributed by atoms with Crippen molar-refractivity contribution in [3.8, 4) is 0 Å². The van der Waals surface area contributed by atoms with Crippen LogP contribution in [-0.2, 0) is 6.54 Å². The first-order chi connectivity index (χ1) is 9.24. The Balaban J connectivity index is 1.92. The van der Waals surface area contributed by atoms with Gasteiger partial charge in [0.05, 0.1) is 5.52 Å². The minimum Gasteiger partial charge on any atom is -0.292 e. The molecule has 94 valence electrons. The molecule has 0 fully saturated rings. The lowest BCUT2D eigenvalue weighted by molar-refractivity contribution is 0.0968. The zero-order chi connectivity index (χ0) is 13.2. The van der Waals surface area contributed by atoms with E-state index in [2.05, 4.69) is 10.3 Å². The van der Waals surface area contributed by atoms with Crippen LogP contribution < -0.4 is 0 Å². The van der Waals surface area contributed by atoms with Crippen molar-refractivity contribution in [1.29, 1.82) is 0 Å². The highest BCUT2D eigenvalue weighted by molar-refractivity contribution is 6.31. The highest BCUT2D eigenvalue weighted by atomic mass is 35.5. The Morgan fingerprint density at radius 1 is 1.16 bits per heavy atom. The second-order valence-corrected chi connectivity index (χ2v) is 4.61. The normalized spacial score (nSPS) is 10.8. The molecule has 1 heterocycles. The smallest absolute Gasteiger partial charge is 0.184 e. The molecular weight excluding hydrogens is 262 g/mol. The molecule has 0 bridgehead atoms. The molecule has 0 spiro atoms. The van der Waals surface area contributed by atoms with Crippen molar-refractivity contribution in [2.45, 2.75) is 6.54 Å². The van der Waals surface area contributed by atoms with Gasteiger partial charge in [0.2, 0.25) is 0 Å². The molecule has 0 saturated carbocycles. The van der Waals surface area contributed by atoms with Crippen LogP contribution in [-0.4, -0.2) is 20.8 Å². The Hall–Kier alpha value is -2.20. The molecule has 5 heteroatoms. The second kappa shape index (κ2) is 4.82. The van der Waals surface area contributed by atoms with Gasteiger partial charge in [-0.2, -0.15) is 0 Å². The SMILES string of the molecule is O=C(Cn1nnc2cc(Cl)ccc21)c1ccccc1. The fourth-order valence-electron chi connectivity index (χ4n) is 1.91. The van der Waals surface area contributed by atoms with E-state index in [1.807, 2.05) is 24.3 Å². The predicted octanol–water partition coefficient (Wildman–Crippen LogP) is 2.97. The summed E-state index contributed by atoms with van der Waals surface area (Å²) in [5, 5.41) is 8.60. The topological polar surface area (TPSA) is 47.8 Å². The van der Waals surface area contributed by atoms with Gasteiger partial charge in [0.1, 0.15) is 12.1 Å². The zero-order valence-corrected chi connectivity index (χ0v) is 10.7. The van der Waals surface area contributed by atoms with Gasteiger partial charge in [-0.1, -0.05) is 47.1 Å². The van der Waals surface area contributed by atoms with E-state index in [1.54, 1.807) is 28.9 Å². The average Bonchev–Trinajstić information content (AvgIpc) is 2.82. The molecule has 0 unspecified atom stereocenters. The number of ketones is 1. The second-order valence-electron chi connectivity index (χ2n) is 4.17. The van der Waals surface area contributed by atoms with Gasteiger partial charge in [-0.3, -0.25) is 4.79 Å². The Kier molecular flexibility index (Phi) is 3.01. The van der Waals surface area contributed by atoms with Crippen molar-refractivity contribution < 1.29 is 4.79 Å². The molecule has 0 saturated heterocycles. The van der Waals surface area contributed by atoms with Crippen LogP contribution in [0.1, 0.15) is 10.4 Å². The summed E-state index contributed by atoms with van der Waals surface area (Å²) < 4.78 is 1.58. The maximum Gasteiger partial charge on any atom is 0.184 e. The summed E-state index contributed by atoms with van der Waals surface area (Å²) in [5.41, 5.74) is 2.15. The molecule has 0 aliphatic rings. The standard InChI is InChI=1S/C14H10ClN3O/c15-11-6-7-13-12(8-11)16-17-18(13)9-14(19)10-4-2-1-3-5-10/h1-8H,9H2. The summed E-state index contributed by atoms with van der Waals surface area (Å²) in [6.07, 6.45) is 0. The summed E-state index contributed by atoms with van der Waals surface area (Å²) in [7, 11) is 0. The predicted molar refractivity (Wildman–Crippen MR) is 73.3 cm³/mol. The summed E-state index contributed by atoms with van der Waals surface area (Å²) in [4.78, 5) is 12.1. The number of benzene rings is 2. The van der Waals surface area contributed by atoms with Gasteiger partial charge in [0.15, 0.2) is 5.78 Å². The molecule has 0 radical (unpaired) electrons. The van der Waals surface area contributed by atoms with Crippen LogP contribution in [0.2, 0.25) is 5.02 Å². The van der Waals surface area contributed by atoms with Crippen LogP contribution in [0.15, 0.2) is 48.5 Å². The third kappa shape index (κ3) is 2.35. The number of rotatable bonds is 3. The highest BCUT2D eigenvalue weighted by Gasteiger charge is 2.10. The van der Waals surface area contributed by atoms with Gasteiger partial charge < -0.3 is 0 Å². The molecule has 1 aromatic heterocycles. The van der Waals surface area contributed by atoms with Crippen LogP contribution >= 0.6 is 11.6 Å². The quantitative estimate of drug-likeness (QED) is 0.688. The maximum absolute atomic E-state index is 12.1. The number of nitrogens with zero attached hydrogens (tertiary/aromatic N) is 3. The first-order valence-electron chi connectivity index (χ1n) is 5.81. The number of carbonyl (C=O) groups excluding carboxylic acids is 1. The number of fused-ring (bicyclic) bond motifs is 1. The van der Waals surface area contributed by atoms with E-state index in [-0.39, 0.29) is 12.3 Å². The average molecular weight is 272 g/mol. The minimum absolute atomic E-state index is 0.00218. The summed E-state index contributed by atoms with van der Waals surface area (Å²) in [6, 6.07) is 14.4. The largest absolute Gasteiger partial charge is 0.292 e. The molecule has 0 aliphatic carbocycles. The van der Waals surface area contributed by atoms with Crippen molar-refractivity contribution in [2.24, 2.45) is 0 Å². The zero-order valence-electron chi connectivity index (χ0n) is 9.95. The summed E-state index contributed by atoms with van der Waals surface area (Å²) in [5.74, 6) is 0.00218. The Morgan fingerprint density at radius 3 is 2.74 bits per heavy atom. The number of hydrogen-bond acceptors (Lipinski definition) is 3. The van der Waals surface area contributed by atoms with Crippen LogP contribution in [0.4, 0.5) is 0 Å². The molecule has 4 nitrogen and oxygen atoms in total. The Labute approximate surface area is 114 Å². The molecule has 3 aromatic rings. The van der Waals surface area contributed by atoms with E-state index in [4.69, 9.17) is 11.6 Å². The number of Topliss-reactive ketones (excluding diaryl/α,β-unsaturated/α-hetero) is 1. The van der Waals surface area contributed by atoms with Gasteiger partial charge in [0, 0.05) is 10.6 Å². The number of halogens is 1. The minimum atomic E-state index is 0.00218. The summed E-state index contributed by atoms with van der Waals surface area (Å²) in [6.45, 7) is 0.169. The Bertz CT molecular complexity index is 737. The van der Waals surface area contributed by atoms with Crippen molar-refractivity contribution >= 4 is 28.4 Å². The number of aromatic nitrogens is 3. The van der Waals surface area contributed by atoms with E-state index >= 15 is 0 Å². The summed E-state index contributed by atoms with van der Waals surface area (Å²) >= 11 is 5.89. The molecule has 0 N–H and O–H groups in total. The first kappa shape index (κ1) is 11.9. The Morgan fingerprint density at radius 2 is 1.95 bits per heavy atom. The fourth-order valence-corrected chi connectivity index (χ4v) is 2.08. The van der Waals surface area contributed by atoms with Gasteiger partial charge in [0.25, 0.3) is 0 Å². The van der Waals surface area contributed by atoms with Gasteiger partial charge in [-0.25, -0.2) is 4.68 Å². The molecule has 0 aliphatic heterocycles. The molecule has 0 atom stereocenters. The highest BCUT2D eigenvalue weighted by Crippen LogP contribution is 2.17. The molecular formula is C14H10ClN3O. The molecule has 3 rings (SSSR count). The van der Waals surface area contributed by atoms with Crippen LogP contribution in [0.5, 0.6) is 0 Å². The van der Waals surface area contributed by atoms with Gasteiger partial charge in [-0.15, -0.1) is 5.10 Å². The first-order valence-corrected chi connectivity index (χ1v) is 6.19. The number of carbonyl (C=O) groups is 1. The van der Waals surface area contributed by atoms with E-state index < -0.39 is 0 Å². The van der Waals surface area contributed by atoms with Gasteiger partial charge in [-0.05, 0) is 18.2 Å². The lowest BCUT2D eigenvalue weighted by atomic mass is 10.1. The third-order valence-corrected chi connectivity index (χ3v) is 3.10. The van der Waals surface area contributed by atoms with Crippen molar-refractivity contribution in [3.63, 3.8) is 0 Å². The lowest BCUT2D eigenvalue weighted by Crippen LogP contribution is -2.11. The fraction of sp³-hybridized carbons (Fsp3) is 0.0714. The molecule has 2 aromatic carbocycles. The van der Waals surface area contributed by atoms with E-state index in [9.17, 15) is 4.79 Å². The van der Waals surface area contributed by atoms with E-state index in [0.29, 0.717) is 16.1 Å². The van der Waals surface area contributed by atoms with Crippen molar-refractivity contribution in [3.05, 3.63) is 59.1 Å². The molecule has 0 amide bonds. The van der Waals surface area contributed by atoms with E-state index in [0.717, 1.165) is 5.52 Å². The molecule has 19 heavy (non-hydrogen) atoms.